The van der Waals surface area contributed by atoms with Crippen LogP contribution in [0.1, 0.15) is 0 Å². The molecule has 0 N–H and O–H groups in total. The normalized spacial score (nSPS) is 11.8. The molecule has 130 valence electrons. The number of anilines is 2. The lowest BCUT2D eigenvalue weighted by Gasteiger charge is -2.57. The molecule has 2 aromatic carbocycles. The first-order valence-electron chi connectivity index (χ1n) is 8.12. The van der Waals surface area contributed by atoms with Gasteiger partial charge in [0.2, 0.25) is 5.91 Å². The van der Waals surface area contributed by atoms with Crippen molar-refractivity contribution >= 4 is 20.6 Å². The molecule has 0 aliphatic carbocycles. The van der Waals surface area contributed by atoms with E-state index in [1.807, 2.05) is 0 Å². The third-order valence-corrected chi connectivity index (χ3v) is 5.12. The van der Waals surface area contributed by atoms with Gasteiger partial charge in [0.05, 0.1) is 0 Å². The van der Waals surface area contributed by atoms with E-state index in [0.717, 1.165) is 6.29 Å². The summed E-state index contributed by atoms with van der Waals surface area (Å²) in [4.78, 5) is 9.18. The Kier molecular flexibility index (Phi) is 6.22. The topological polar surface area (TPSA) is 13.0 Å². The maximum Gasteiger partial charge on any atom is 0.233 e. The van der Waals surface area contributed by atoms with Crippen LogP contribution in [0.2, 0.25) is 0 Å². The summed E-state index contributed by atoms with van der Waals surface area (Å²) >= 11 is 0. The average molecular weight is 344 g/mol. The highest BCUT2D eigenvalue weighted by Gasteiger charge is 2.45. The third-order valence-electron chi connectivity index (χ3n) is 4.57. The maximum atomic E-state index is 2.84. The number of rotatable bonds is 7. The minimum Gasteiger partial charge on any atom is -0.326 e. The molecular formula is C19H29N4P. The summed E-state index contributed by atoms with van der Waals surface area (Å²) in [5.41, 5.74) is 2.33. The van der Waals surface area contributed by atoms with Crippen LogP contribution in [0.4, 0.5) is 11.4 Å². The van der Waals surface area contributed by atoms with Crippen LogP contribution in [0.3, 0.4) is 0 Å². The molecule has 1 unspecified atom stereocenters. The Hall–Kier alpha value is -1.61. The van der Waals surface area contributed by atoms with Gasteiger partial charge >= 0.3 is 0 Å². The minimum absolute atomic E-state index is 0.454. The Labute approximate surface area is 148 Å². The first kappa shape index (κ1) is 18.7. The molecule has 2 aromatic rings. The van der Waals surface area contributed by atoms with Crippen molar-refractivity contribution in [1.29, 1.82) is 0 Å². The van der Waals surface area contributed by atoms with Gasteiger partial charge in [-0.05, 0) is 45.4 Å². The second-order valence-electron chi connectivity index (χ2n) is 6.16. The fourth-order valence-corrected chi connectivity index (χ4v) is 3.70. The van der Waals surface area contributed by atoms with E-state index in [2.05, 4.69) is 125 Å². The van der Waals surface area contributed by atoms with Crippen LogP contribution >= 0.6 is 9.24 Å². The molecule has 0 amide bonds. The largest absolute Gasteiger partial charge is 0.326 e. The van der Waals surface area contributed by atoms with Crippen LogP contribution in [0.5, 0.6) is 0 Å². The van der Waals surface area contributed by atoms with Gasteiger partial charge < -0.3 is 9.80 Å². The zero-order valence-corrected chi connectivity index (χ0v) is 16.5. The molecule has 0 radical (unpaired) electrons. The average Bonchev–Trinajstić information content (AvgIpc) is 2.62. The molecule has 4 nitrogen and oxygen atoms in total. The van der Waals surface area contributed by atoms with Crippen molar-refractivity contribution in [3.05, 3.63) is 60.7 Å². The molecule has 0 aliphatic rings. The SMILES string of the molecule is CN(C)C(N(C)CP)(N(C)c1ccccc1)N(C)c1ccccc1. The van der Waals surface area contributed by atoms with E-state index in [-0.39, 0.29) is 0 Å². The number of hydrogen-bond acceptors (Lipinski definition) is 4. The van der Waals surface area contributed by atoms with Gasteiger partial charge in [0.25, 0.3) is 0 Å². The van der Waals surface area contributed by atoms with Crippen LogP contribution in [0, 0.1) is 0 Å². The predicted octanol–water partition coefficient (Wildman–Crippen LogP) is 3.20. The molecule has 0 saturated heterocycles. The summed E-state index contributed by atoms with van der Waals surface area (Å²) in [5, 5.41) is 0. The quantitative estimate of drug-likeness (QED) is 0.565. The number of hydrogen-bond donors (Lipinski definition) is 0. The van der Waals surface area contributed by atoms with Crippen LogP contribution in [0.25, 0.3) is 0 Å². The van der Waals surface area contributed by atoms with E-state index in [1.165, 1.54) is 11.4 Å². The van der Waals surface area contributed by atoms with E-state index in [0.29, 0.717) is 0 Å². The fourth-order valence-electron chi connectivity index (χ4n) is 3.45. The van der Waals surface area contributed by atoms with Gasteiger partial charge in [-0.1, -0.05) is 36.4 Å². The fraction of sp³-hybridized carbons (Fsp3) is 0.368. The highest BCUT2D eigenvalue weighted by Crippen LogP contribution is 2.33. The number of para-hydroxylation sites is 2. The lowest BCUT2D eigenvalue weighted by atomic mass is 10.2. The van der Waals surface area contributed by atoms with Crippen LogP contribution in [-0.4, -0.2) is 57.2 Å². The van der Waals surface area contributed by atoms with Crippen molar-refractivity contribution in [2.24, 2.45) is 0 Å². The van der Waals surface area contributed by atoms with Crippen molar-refractivity contribution in [1.82, 2.24) is 9.80 Å². The molecule has 0 bridgehead atoms. The Morgan fingerprint density at radius 1 is 0.708 bits per heavy atom. The molecule has 1 atom stereocenters. The van der Waals surface area contributed by atoms with Crippen molar-refractivity contribution < 1.29 is 0 Å². The second-order valence-corrected chi connectivity index (χ2v) is 6.53. The van der Waals surface area contributed by atoms with Crippen molar-refractivity contribution in [2.75, 3.05) is 51.3 Å². The molecule has 0 aliphatic heterocycles. The summed E-state index contributed by atoms with van der Waals surface area (Å²) in [7, 11) is 13.5. The summed E-state index contributed by atoms with van der Waals surface area (Å²) in [5.74, 6) is -0.454. The zero-order valence-electron chi connectivity index (χ0n) is 15.3. The van der Waals surface area contributed by atoms with E-state index in [4.69, 9.17) is 0 Å². The van der Waals surface area contributed by atoms with Crippen LogP contribution in [0.15, 0.2) is 60.7 Å². The van der Waals surface area contributed by atoms with E-state index < -0.39 is 5.91 Å². The lowest BCUT2D eigenvalue weighted by molar-refractivity contribution is 0.00128. The molecule has 0 spiro atoms. The van der Waals surface area contributed by atoms with Crippen molar-refractivity contribution in [2.45, 2.75) is 5.91 Å². The molecular weight excluding hydrogens is 315 g/mol. The monoisotopic (exact) mass is 344 g/mol. The summed E-state index contributed by atoms with van der Waals surface area (Å²) in [6, 6.07) is 21.0. The Balaban J connectivity index is 2.60. The van der Waals surface area contributed by atoms with Crippen LogP contribution < -0.4 is 9.80 Å². The van der Waals surface area contributed by atoms with Gasteiger partial charge in [-0.3, -0.25) is 4.90 Å². The summed E-state index contributed by atoms with van der Waals surface area (Å²) in [6.07, 6.45) is 0.840. The van der Waals surface area contributed by atoms with E-state index in [9.17, 15) is 0 Å². The van der Waals surface area contributed by atoms with Crippen LogP contribution in [-0.2, 0) is 0 Å². The molecule has 0 saturated carbocycles. The molecule has 0 heterocycles. The Bertz CT molecular complexity index is 572. The van der Waals surface area contributed by atoms with Gasteiger partial charge in [0, 0.05) is 31.8 Å². The lowest BCUT2D eigenvalue weighted by Crippen LogP contribution is -2.74. The molecule has 2 rings (SSSR count). The summed E-state index contributed by atoms with van der Waals surface area (Å²) in [6.45, 7) is 0. The molecule has 5 heteroatoms. The van der Waals surface area contributed by atoms with E-state index in [1.54, 1.807) is 0 Å². The standard InChI is InChI=1S/C19H29N4P/c1-20(2)19(21(3)16-24,22(4)17-12-8-6-9-13-17)23(5)18-14-10-7-11-15-18/h6-15H,16,24H2,1-5H3. The van der Waals surface area contributed by atoms with Crippen molar-refractivity contribution in [3.63, 3.8) is 0 Å². The maximum absolute atomic E-state index is 2.84. The number of nitrogens with zero attached hydrogens (tertiary/aromatic N) is 4. The molecule has 24 heavy (non-hydrogen) atoms. The first-order valence-corrected chi connectivity index (χ1v) is 8.94. The Morgan fingerprint density at radius 2 is 1.08 bits per heavy atom. The van der Waals surface area contributed by atoms with Gasteiger partial charge in [-0.15, -0.1) is 9.24 Å². The van der Waals surface area contributed by atoms with Gasteiger partial charge in [0.15, 0.2) is 0 Å². The number of benzene rings is 2. The third kappa shape index (κ3) is 3.27. The van der Waals surface area contributed by atoms with Crippen molar-refractivity contribution in [3.8, 4) is 0 Å². The van der Waals surface area contributed by atoms with E-state index >= 15 is 0 Å². The molecule has 0 aromatic heterocycles. The summed E-state index contributed by atoms with van der Waals surface area (Å²) < 4.78 is 0. The van der Waals surface area contributed by atoms with Gasteiger partial charge in [-0.2, -0.15) is 0 Å². The highest BCUT2D eigenvalue weighted by atomic mass is 31.0. The predicted molar refractivity (Wildman–Crippen MR) is 108 cm³/mol. The highest BCUT2D eigenvalue weighted by molar-refractivity contribution is 7.16. The molecule has 0 fully saturated rings. The van der Waals surface area contributed by atoms with Gasteiger partial charge in [0.1, 0.15) is 0 Å². The zero-order chi connectivity index (χ0) is 17.7. The minimum atomic E-state index is -0.454. The smallest absolute Gasteiger partial charge is 0.233 e. The Morgan fingerprint density at radius 3 is 1.38 bits per heavy atom. The second kappa shape index (κ2) is 7.98. The first-order chi connectivity index (χ1) is 11.5. The van der Waals surface area contributed by atoms with Gasteiger partial charge in [-0.25, -0.2) is 4.90 Å².